The molecule has 4 nitrogen and oxygen atoms in total. The van der Waals surface area contributed by atoms with E-state index in [0.29, 0.717) is 5.92 Å². The molecule has 0 aliphatic heterocycles. The lowest BCUT2D eigenvalue weighted by molar-refractivity contribution is 1.21. The summed E-state index contributed by atoms with van der Waals surface area (Å²) >= 11 is 0. The fourth-order valence-corrected chi connectivity index (χ4v) is 7.31. The molecule has 0 saturated carbocycles. The van der Waals surface area contributed by atoms with Gasteiger partial charge in [-0.05, 0) is 116 Å². The molecule has 50 heavy (non-hydrogen) atoms. The third kappa shape index (κ3) is 4.97. The van der Waals surface area contributed by atoms with Crippen molar-refractivity contribution in [2.45, 2.75) is 0 Å². The maximum Gasteiger partial charge on any atom is 0.0708 e. The molecule has 0 N–H and O–H groups in total. The van der Waals surface area contributed by atoms with E-state index >= 15 is 0 Å². The lowest BCUT2D eigenvalue weighted by Crippen LogP contribution is -2.26. The lowest BCUT2D eigenvalue weighted by atomic mass is 10.0. The van der Waals surface area contributed by atoms with Crippen molar-refractivity contribution in [2.24, 2.45) is 5.92 Å². The molecule has 5 aromatic carbocycles. The SMILES string of the molecule is C1=c2ccncc2=CC2C1=C2c1ccc(N(c2ccc(-c3ccc4ccncc4c3)cc2)c2ccc(-c3cc4ccccc4cn3)cc2)cc1. The molecule has 2 aliphatic rings. The molecule has 4 heteroatoms. The normalized spacial score (nSPS) is 14.4. The van der Waals surface area contributed by atoms with Gasteiger partial charge >= 0.3 is 0 Å². The molecule has 1 atom stereocenters. The number of pyridine rings is 3. The molecule has 0 spiro atoms. The number of hydrogen-bond donors (Lipinski definition) is 0. The number of fused-ring (bicyclic) bond motifs is 4. The molecule has 0 amide bonds. The fourth-order valence-electron chi connectivity index (χ4n) is 7.31. The van der Waals surface area contributed by atoms with Crippen LogP contribution in [0, 0.1) is 5.92 Å². The molecule has 3 aromatic heterocycles. The number of aromatic nitrogens is 3. The van der Waals surface area contributed by atoms with Crippen LogP contribution in [0.4, 0.5) is 17.1 Å². The van der Waals surface area contributed by atoms with Gasteiger partial charge in [0, 0.05) is 70.3 Å². The van der Waals surface area contributed by atoms with Crippen LogP contribution < -0.4 is 15.3 Å². The third-order valence-electron chi connectivity index (χ3n) is 10.0. The van der Waals surface area contributed by atoms with E-state index in [-0.39, 0.29) is 0 Å². The Morgan fingerprint density at radius 3 is 1.90 bits per heavy atom. The Labute approximate surface area is 289 Å². The molecule has 1 unspecified atom stereocenters. The van der Waals surface area contributed by atoms with Crippen LogP contribution in [0.2, 0.25) is 0 Å². The van der Waals surface area contributed by atoms with Gasteiger partial charge in [-0.3, -0.25) is 15.0 Å². The second-order valence-electron chi connectivity index (χ2n) is 13.0. The zero-order chi connectivity index (χ0) is 33.0. The van der Waals surface area contributed by atoms with Crippen LogP contribution in [0.5, 0.6) is 0 Å². The smallest absolute Gasteiger partial charge is 0.0708 e. The number of nitrogens with zero attached hydrogens (tertiary/aromatic N) is 4. The van der Waals surface area contributed by atoms with Crippen LogP contribution in [0.3, 0.4) is 0 Å². The minimum absolute atomic E-state index is 0.378. The average Bonchev–Trinajstić information content (AvgIpc) is 3.90. The summed E-state index contributed by atoms with van der Waals surface area (Å²) in [5, 5.41) is 7.12. The van der Waals surface area contributed by atoms with E-state index in [4.69, 9.17) is 4.98 Å². The van der Waals surface area contributed by atoms with Gasteiger partial charge in [0.15, 0.2) is 0 Å². The second-order valence-corrected chi connectivity index (χ2v) is 13.0. The quantitative estimate of drug-likeness (QED) is 0.182. The van der Waals surface area contributed by atoms with E-state index in [0.717, 1.165) is 39.1 Å². The van der Waals surface area contributed by atoms with E-state index in [1.165, 1.54) is 49.0 Å². The molecule has 2 aliphatic carbocycles. The fraction of sp³-hybridized carbons (Fsp3) is 0.0217. The predicted molar refractivity (Wildman–Crippen MR) is 205 cm³/mol. The molecule has 3 heterocycles. The predicted octanol–water partition coefficient (Wildman–Crippen LogP) is 9.64. The highest BCUT2D eigenvalue weighted by atomic mass is 15.1. The topological polar surface area (TPSA) is 41.9 Å². The third-order valence-corrected chi connectivity index (χ3v) is 10.0. The number of allylic oxidation sites excluding steroid dienone is 2. The molecule has 0 saturated heterocycles. The Kier molecular flexibility index (Phi) is 6.53. The summed E-state index contributed by atoms with van der Waals surface area (Å²) in [6, 6.07) is 47.8. The highest BCUT2D eigenvalue weighted by Crippen LogP contribution is 2.50. The van der Waals surface area contributed by atoms with Crippen LogP contribution in [0.1, 0.15) is 5.56 Å². The molecular formula is C46H30N4. The Morgan fingerprint density at radius 2 is 1.12 bits per heavy atom. The maximum absolute atomic E-state index is 4.77. The summed E-state index contributed by atoms with van der Waals surface area (Å²) in [6.07, 6.45) is 14.2. The van der Waals surface area contributed by atoms with Gasteiger partial charge < -0.3 is 4.90 Å². The van der Waals surface area contributed by atoms with Crippen LogP contribution in [0.15, 0.2) is 170 Å². The van der Waals surface area contributed by atoms with Crippen LogP contribution >= 0.6 is 0 Å². The number of anilines is 3. The molecule has 0 bridgehead atoms. The summed E-state index contributed by atoms with van der Waals surface area (Å²) < 4.78 is 0. The van der Waals surface area contributed by atoms with E-state index in [1.54, 1.807) is 0 Å². The van der Waals surface area contributed by atoms with Crippen LogP contribution in [-0.4, -0.2) is 15.0 Å². The van der Waals surface area contributed by atoms with Gasteiger partial charge in [-0.15, -0.1) is 0 Å². The summed E-state index contributed by atoms with van der Waals surface area (Å²) in [4.78, 5) is 15.7. The molecule has 8 aromatic rings. The molecule has 234 valence electrons. The van der Waals surface area contributed by atoms with E-state index in [1.807, 2.05) is 43.1 Å². The largest absolute Gasteiger partial charge is 0.311 e. The Morgan fingerprint density at radius 1 is 0.460 bits per heavy atom. The zero-order valence-corrected chi connectivity index (χ0v) is 27.1. The van der Waals surface area contributed by atoms with Crippen molar-refractivity contribution >= 4 is 56.3 Å². The Bertz CT molecular complexity index is 2620. The van der Waals surface area contributed by atoms with Gasteiger partial charge in [0.1, 0.15) is 0 Å². The van der Waals surface area contributed by atoms with Gasteiger partial charge in [-0.1, -0.05) is 78.9 Å². The van der Waals surface area contributed by atoms with Gasteiger partial charge in [-0.25, -0.2) is 0 Å². The van der Waals surface area contributed by atoms with Crippen molar-refractivity contribution in [1.29, 1.82) is 0 Å². The standard InChI is InChI=1S/C46H30N4/c1-2-4-37-29-49-45(26-34(37)3-1)32-9-15-41(16-10-32)50(40-13-7-30(8-14-40)35-6-5-31-19-21-47-27-38(31)23-35)42-17-11-33(12-18-42)46-43-24-36-20-22-48-28-39(36)25-44(43)46/h1-29,44H. The highest BCUT2D eigenvalue weighted by molar-refractivity contribution is 6.00. The van der Waals surface area contributed by atoms with Gasteiger partial charge in [0.25, 0.3) is 0 Å². The first-order valence-corrected chi connectivity index (χ1v) is 16.9. The monoisotopic (exact) mass is 638 g/mol. The molecule has 0 radical (unpaired) electrons. The summed E-state index contributed by atoms with van der Waals surface area (Å²) in [5.41, 5.74) is 11.7. The van der Waals surface area contributed by atoms with Crippen molar-refractivity contribution in [1.82, 2.24) is 15.0 Å². The summed E-state index contributed by atoms with van der Waals surface area (Å²) in [7, 11) is 0. The number of benzene rings is 5. The average molecular weight is 639 g/mol. The van der Waals surface area contributed by atoms with Crippen molar-refractivity contribution in [3.05, 3.63) is 186 Å². The molecule has 10 rings (SSSR count). The summed E-state index contributed by atoms with van der Waals surface area (Å²) in [5.74, 6) is 0.378. The summed E-state index contributed by atoms with van der Waals surface area (Å²) in [6.45, 7) is 0. The van der Waals surface area contributed by atoms with Gasteiger partial charge in [-0.2, -0.15) is 0 Å². The van der Waals surface area contributed by atoms with Crippen molar-refractivity contribution in [2.75, 3.05) is 4.90 Å². The van der Waals surface area contributed by atoms with E-state index in [2.05, 4.69) is 148 Å². The van der Waals surface area contributed by atoms with Crippen LogP contribution in [0.25, 0.3) is 61.7 Å². The number of hydrogen-bond acceptors (Lipinski definition) is 4. The van der Waals surface area contributed by atoms with Gasteiger partial charge in [0.05, 0.1) is 5.69 Å². The van der Waals surface area contributed by atoms with Crippen molar-refractivity contribution < 1.29 is 0 Å². The first kappa shape index (κ1) is 28.4. The minimum Gasteiger partial charge on any atom is -0.311 e. The first-order valence-electron chi connectivity index (χ1n) is 16.9. The minimum atomic E-state index is 0.378. The molecule has 0 fully saturated rings. The van der Waals surface area contributed by atoms with Gasteiger partial charge in [0.2, 0.25) is 0 Å². The van der Waals surface area contributed by atoms with Crippen LogP contribution in [-0.2, 0) is 0 Å². The van der Waals surface area contributed by atoms with Crippen molar-refractivity contribution in [3.8, 4) is 22.4 Å². The van der Waals surface area contributed by atoms with E-state index in [9.17, 15) is 0 Å². The molecular weight excluding hydrogens is 609 g/mol. The maximum atomic E-state index is 4.77. The highest BCUT2D eigenvalue weighted by Gasteiger charge is 2.35. The number of rotatable bonds is 6. The van der Waals surface area contributed by atoms with E-state index < -0.39 is 0 Å². The Hall–Kier alpha value is -6.65. The lowest BCUT2D eigenvalue weighted by Gasteiger charge is -2.26. The zero-order valence-electron chi connectivity index (χ0n) is 27.1. The second kappa shape index (κ2) is 11.5. The Balaban J connectivity index is 1.01. The van der Waals surface area contributed by atoms with Crippen molar-refractivity contribution in [3.63, 3.8) is 0 Å². The first-order chi connectivity index (χ1) is 24.7.